The highest BCUT2D eigenvalue weighted by molar-refractivity contribution is 7.89. The van der Waals surface area contributed by atoms with Crippen molar-refractivity contribution in [2.45, 2.75) is 63.8 Å². The molecular formula is C22H26N4O3S2. The van der Waals surface area contributed by atoms with E-state index in [1.165, 1.54) is 23.5 Å². The Morgan fingerprint density at radius 3 is 2.52 bits per heavy atom. The predicted molar refractivity (Wildman–Crippen MR) is 123 cm³/mol. The highest BCUT2D eigenvalue weighted by Gasteiger charge is 2.29. The summed E-state index contributed by atoms with van der Waals surface area (Å²) >= 11 is 1.35. The minimum Gasteiger partial charge on any atom is -0.321 e. The zero-order chi connectivity index (χ0) is 22.6. The van der Waals surface area contributed by atoms with Crippen molar-refractivity contribution in [2.75, 3.05) is 5.32 Å². The zero-order valence-corrected chi connectivity index (χ0v) is 19.9. The molecule has 0 radical (unpaired) electrons. The summed E-state index contributed by atoms with van der Waals surface area (Å²) in [5, 5.41) is 3.76. The summed E-state index contributed by atoms with van der Waals surface area (Å²) in [4.78, 5) is 23.8. The van der Waals surface area contributed by atoms with E-state index in [1.807, 2.05) is 13.8 Å². The van der Waals surface area contributed by atoms with E-state index in [9.17, 15) is 13.2 Å². The number of nitrogens with one attached hydrogen (secondary N) is 2. The lowest BCUT2D eigenvalue weighted by Gasteiger charge is -2.20. The number of carbonyl (C=O) groups excluding carboxylic acids is 1. The lowest BCUT2D eigenvalue weighted by molar-refractivity contribution is 0.103. The third-order valence-corrected chi connectivity index (χ3v) is 7.92. The lowest BCUT2D eigenvalue weighted by Crippen LogP contribution is -2.40. The van der Waals surface area contributed by atoms with E-state index >= 15 is 0 Å². The third kappa shape index (κ3) is 4.63. The second kappa shape index (κ2) is 7.65. The zero-order valence-electron chi connectivity index (χ0n) is 18.2. The number of hydrogen-bond acceptors (Lipinski definition) is 6. The summed E-state index contributed by atoms with van der Waals surface area (Å²) in [6.45, 7) is 9.18. The molecule has 2 aromatic heterocycles. The predicted octanol–water partition coefficient (Wildman–Crippen LogP) is 4.51. The van der Waals surface area contributed by atoms with E-state index < -0.39 is 15.6 Å². The molecule has 9 heteroatoms. The van der Waals surface area contributed by atoms with Crippen molar-refractivity contribution in [3.63, 3.8) is 0 Å². The molecule has 0 atom stereocenters. The van der Waals surface area contributed by atoms with Gasteiger partial charge in [0.15, 0.2) is 0 Å². The Morgan fingerprint density at radius 1 is 1.16 bits per heavy atom. The number of anilines is 1. The second-order valence-corrected chi connectivity index (χ2v) is 11.7. The molecule has 0 spiro atoms. The highest BCUT2D eigenvalue weighted by atomic mass is 32.2. The first-order valence-electron chi connectivity index (χ1n) is 10.2. The van der Waals surface area contributed by atoms with Gasteiger partial charge in [0, 0.05) is 22.5 Å². The number of benzene rings is 1. The molecule has 0 aliphatic heterocycles. The summed E-state index contributed by atoms with van der Waals surface area (Å²) in [5.41, 5.74) is 1.54. The third-order valence-electron chi connectivity index (χ3n) is 4.98. The van der Waals surface area contributed by atoms with Crippen LogP contribution < -0.4 is 10.0 Å². The Hall–Kier alpha value is -2.36. The molecule has 1 aliphatic rings. The number of aryl methyl sites for hydroxylation is 2. The molecule has 31 heavy (non-hydrogen) atoms. The van der Waals surface area contributed by atoms with Crippen molar-refractivity contribution in [2.24, 2.45) is 0 Å². The highest BCUT2D eigenvalue weighted by Crippen LogP contribution is 2.40. The van der Waals surface area contributed by atoms with Gasteiger partial charge in [-0.3, -0.25) is 4.79 Å². The quantitative estimate of drug-likeness (QED) is 0.586. The number of amides is 1. The number of sulfonamides is 1. The van der Waals surface area contributed by atoms with Gasteiger partial charge in [0.1, 0.15) is 10.7 Å². The topological polar surface area (TPSA) is 101 Å². The fraction of sp³-hybridized carbons (Fsp3) is 0.409. The standard InChI is InChI=1S/C22H26N4O3S2/c1-12-17-13(2)23-19(14-9-10-14)25-21(17)30-18(12)20(27)24-15-7-6-8-16(11-15)31(28,29)26-22(3,4)5/h6-8,11,14,26H,9-10H2,1-5H3,(H,24,27). The van der Waals surface area contributed by atoms with Crippen LogP contribution >= 0.6 is 11.3 Å². The van der Waals surface area contributed by atoms with Gasteiger partial charge in [-0.15, -0.1) is 11.3 Å². The van der Waals surface area contributed by atoms with Crippen LogP contribution in [0.15, 0.2) is 29.2 Å². The number of carbonyl (C=O) groups is 1. The van der Waals surface area contributed by atoms with Crippen LogP contribution in [0.4, 0.5) is 5.69 Å². The summed E-state index contributed by atoms with van der Waals surface area (Å²) in [6.07, 6.45) is 2.23. The van der Waals surface area contributed by atoms with Crippen LogP contribution in [-0.4, -0.2) is 29.8 Å². The van der Waals surface area contributed by atoms with Gasteiger partial charge in [-0.1, -0.05) is 6.07 Å². The van der Waals surface area contributed by atoms with Gasteiger partial charge in [-0.25, -0.2) is 23.1 Å². The molecule has 1 aliphatic carbocycles. The summed E-state index contributed by atoms with van der Waals surface area (Å²) < 4.78 is 27.9. The van der Waals surface area contributed by atoms with Crippen LogP contribution in [0.2, 0.25) is 0 Å². The monoisotopic (exact) mass is 458 g/mol. The number of thiophene rings is 1. The molecule has 0 saturated heterocycles. The van der Waals surface area contributed by atoms with Crippen LogP contribution in [0, 0.1) is 13.8 Å². The van der Waals surface area contributed by atoms with Crippen molar-refractivity contribution >= 4 is 43.2 Å². The Kier molecular flexibility index (Phi) is 5.39. The molecule has 2 N–H and O–H groups in total. The minimum absolute atomic E-state index is 0.101. The molecule has 1 fully saturated rings. The first-order valence-corrected chi connectivity index (χ1v) is 12.5. The van der Waals surface area contributed by atoms with Crippen LogP contribution in [0.5, 0.6) is 0 Å². The molecule has 0 unspecified atom stereocenters. The Bertz CT molecular complexity index is 1290. The van der Waals surface area contributed by atoms with Crippen LogP contribution in [0.3, 0.4) is 0 Å². The molecule has 1 saturated carbocycles. The van der Waals surface area contributed by atoms with Gasteiger partial charge < -0.3 is 5.32 Å². The lowest BCUT2D eigenvalue weighted by atomic mass is 10.1. The number of rotatable bonds is 5. The van der Waals surface area contributed by atoms with Crippen LogP contribution in [0.25, 0.3) is 10.2 Å². The average molecular weight is 459 g/mol. The average Bonchev–Trinajstić information content (AvgIpc) is 3.44. The minimum atomic E-state index is -3.70. The number of nitrogens with zero attached hydrogens (tertiary/aromatic N) is 2. The summed E-state index contributed by atoms with van der Waals surface area (Å²) in [5.74, 6) is 1.02. The molecule has 7 nitrogen and oxygen atoms in total. The maximum atomic E-state index is 13.0. The van der Waals surface area contributed by atoms with Gasteiger partial charge in [0.25, 0.3) is 5.91 Å². The first kappa shape index (κ1) is 21.9. The first-order chi connectivity index (χ1) is 14.4. The molecule has 1 aromatic carbocycles. The molecular weight excluding hydrogens is 432 g/mol. The number of hydrogen-bond donors (Lipinski definition) is 2. The summed E-state index contributed by atoms with van der Waals surface area (Å²) in [7, 11) is -3.70. The Balaban J connectivity index is 1.62. The summed E-state index contributed by atoms with van der Waals surface area (Å²) in [6, 6.07) is 6.26. The van der Waals surface area contributed by atoms with Crippen molar-refractivity contribution < 1.29 is 13.2 Å². The Morgan fingerprint density at radius 2 is 1.87 bits per heavy atom. The fourth-order valence-electron chi connectivity index (χ4n) is 3.49. The molecule has 0 bridgehead atoms. The molecule has 164 valence electrons. The maximum Gasteiger partial charge on any atom is 0.266 e. The van der Waals surface area contributed by atoms with E-state index in [-0.39, 0.29) is 10.8 Å². The van der Waals surface area contributed by atoms with Crippen LogP contribution in [0.1, 0.15) is 66.3 Å². The van der Waals surface area contributed by atoms with Crippen molar-refractivity contribution in [3.05, 3.63) is 46.2 Å². The molecule has 1 amide bonds. The van der Waals surface area contributed by atoms with Gasteiger partial charge in [0.2, 0.25) is 10.0 Å². The normalized spacial score (nSPS) is 14.7. The SMILES string of the molecule is Cc1nc(C2CC2)nc2sc(C(=O)Nc3cccc(S(=O)(=O)NC(C)(C)C)c3)c(C)c12. The van der Waals surface area contributed by atoms with Crippen molar-refractivity contribution in [1.82, 2.24) is 14.7 Å². The molecule has 3 aromatic rings. The van der Waals surface area contributed by atoms with Crippen molar-refractivity contribution in [1.29, 1.82) is 0 Å². The van der Waals surface area contributed by atoms with E-state index in [4.69, 9.17) is 0 Å². The number of fused-ring (bicyclic) bond motifs is 1. The van der Waals surface area contributed by atoms with E-state index in [0.29, 0.717) is 16.5 Å². The maximum absolute atomic E-state index is 13.0. The van der Waals surface area contributed by atoms with Gasteiger partial charge in [0.05, 0.1) is 15.5 Å². The largest absolute Gasteiger partial charge is 0.321 e. The van der Waals surface area contributed by atoms with Gasteiger partial charge in [-0.05, 0) is 71.2 Å². The smallest absolute Gasteiger partial charge is 0.266 e. The van der Waals surface area contributed by atoms with E-state index in [1.54, 1.807) is 32.9 Å². The van der Waals surface area contributed by atoms with Gasteiger partial charge in [-0.2, -0.15) is 0 Å². The second-order valence-electron chi connectivity index (χ2n) is 9.02. The molecule has 4 rings (SSSR count). The van der Waals surface area contributed by atoms with Crippen LogP contribution in [-0.2, 0) is 10.0 Å². The molecule has 2 heterocycles. The van der Waals surface area contributed by atoms with Gasteiger partial charge >= 0.3 is 0 Å². The number of aromatic nitrogens is 2. The Labute approximate surface area is 186 Å². The fourth-order valence-corrected chi connectivity index (χ4v) is 6.09. The van der Waals surface area contributed by atoms with Crippen molar-refractivity contribution in [3.8, 4) is 0 Å². The van der Waals surface area contributed by atoms with E-state index in [2.05, 4.69) is 20.0 Å². The van der Waals surface area contributed by atoms with E-state index in [0.717, 1.165) is 40.1 Å².